The molecule has 0 spiro atoms. The number of hydrogen-bond donors (Lipinski definition) is 0. The van der Waals surface area contributed by atoms with Crippen LogP contribution in [0.25, 0.3) is 34.4 Å². The zero-order chi connectivity index (χ0) is 41.9. The van der Waals surface area contributed by atoms with E-state index < -0.39 is 21.5 Å². The molecule has 6 rings (SSSR count). The fourth-order valence-electron chi connectivity index (χ4n) is 9.76. The fraction of sp³-hybridized carbons (Fsp3) is 0.462. The maximum atomic E-state index is 8.76. The summed E-state index contributed by atoms with van der Waals surface area (Å²) >= 11 is -4.90. The summed E-state index contributed by atoms with van der Waals surface area (Å²) in [6.07, 6.45) is 4.94. The van der Waals surface area contributed by atoms with E-state index >= 15 is 0 Å². The van der Waals surface area contributed by atoms with Crippen LogP contribution >= 0.6 is 17.0 Å². The van der Waals surface area contributed by atoms with E-state index in [0.29, 0.717) is 0 Å². The molecule has 4 heteroatoms. The third-order valence-corrected chi connectivity index (χ3v) is 65.6. The summed E-state index contributed by atoms with van der Waals surface area (Å²) < 4.78 is 0.101. The van der Waals surface area contributed by atoms with Gasteiger partial charge in [-0.1, -0.05) is 0 Å². The van der Waals surface area contributed by atoms with E-state index in [1.54, 1.807) is 0 Å². The summed E-state index contributed by atoms with van der Waals surface area (Å²) in [7, 11) is 17.5. The molecule has 0 saturated heterocycles. The Labute approximate surface area is 350 Å². The van der Waals surface area contributed by atoms with Crippen molar-refractivity contribution in [3.8, 4) is 22.3 Å². The van der Waals surface area contributed by atoms with Crippen molar-refractivity contribution in [1.29, 1.82) is 0 Å². The van der Waals surface area contributed by atoms with Gasteiger partial charge in [0.2, 0.25) is 0 Å². The molecule has 56 heavy (non-hydrogen) atoms. The Morgan fingerprint density at radius 1 is 0.464 bits per heavy atom. The number of hydrogen-bond acceptors (Lipinski definition) is 0. The van der Waals surface area contributed by atoms with Crippen LogP contribution in [0.15, 0.2) is 71.8 Å². The fourth-order valence-corrected chi connectivity index (χ4v) is 42.7. The van der Waals surface area contributed by atoms with Crippen LogP contribution < -0.4 is 0 Å². The Bertz CT molecular complexity index is 2090. The average molecular weight is 884 g/mol. The molecule has 0 aromatic heterocycles. The van der Waals surface area contributed by atoms with E-state index in [1.165, 1.54) is 89.0 Å². The standard InChI is InChI=1S/2C25H31.C2H7Si.2ClH.Zr/c2*1-16-11-18-10-9-17(2)23(22(18)12-16)19-13-20(24(3,4)5)15-21(14-19)25(6,7)8;1-3-2;;;/h2*9-15H,1-8H3;3H,1-2H3;2*1H;/q;;;;;+2/p-2. The zero-order valence-electron chi connectivity index (χ0n) is 37.9. The molecule has 299 valence electrons. The molecule has 4 aromatic rings. The summed E-state index contributed by atoms with van der Waals surface area (Å²) in [5.74, 6) is -1.68. The Balaban J connectivity index is 1.59. The number of allylic oxidation sites excluding steroid dienone is 2. The Morgan fingerprint density at radius 2 is 0.750 bits per heavy atom. The zero-order valence-corrected chi connectivity index (χ0v) is 43.0. The van der Waals surface area contributed by atoms with E-state index in [4.69, 9.17) is 17.0 Å². The first-order valence-corrected chi connectivity index (χ1v) is 37.3. The third-order valence-electron chi connectivity index (χ3n) is 13.4. The van der Waals surface area contributed by atoms with Crippen molar-refractivity contribution >= 4 is 35.1 Å². The first kappa shape index (κ1) is 43.6. The van der Waals surface area contributed by atoms with E-state index in [-0.39, 0.29) is 28.9 Å². The number of benzene rings is 4. The third kappa shape index (κ3) is 7.33. The van der Waals surface area contributed by atoms with Crippen molar-refractivity contribution in [3.05, 3.63) is 127 Å². The molecular weight excluding hydrogens is 815 g/mol. The van der Waals surface area contributed by atoms with Crippen LogP contribution in [-0.4, -0.2) is 5.92 Å². The summed E-state index contributed by atoms with van der Waals surface area (Å²) in [6, 6.07) is 24.1. The molecule has 0 N–H and O–H groups in total. The van der Waals surface area contributed by atoms with Crippen molar-refractivity contribution in [3.63, 3.8) is 0 Å². The summed E-state index contributed by atoms with van der Waals surface area (Å²) in [5.41, 5.74) is 21.5. The van der Waals surface area contributed by atoms with Crippen LogP contribution in [0.2, 0.25) is 13.1 Å². The molecule has 0 nitrogen and oxygen atoms in total. The van der Waals surface area contributed by atoms with Crippen molar-refractivity contribution in [2.24, 2.45) is 0 Å². The second kappa shape index (κ2) is 14.1. The van der Waals surface area contributed by atoms with E-state index in [9.17, 15) is 0 Å². The second-order valence-corrected chi connectivity index (χ2v) is 64.6. The van der Waals surface area contributed by atoms with Crippen molar-refractivity contribution in [2.75, 3.05) is 0 Å². The van der Waals surface area contributed by atoms with Gasteiger partial charge in [0, 0.05) is 0 Å². The van der Waals surface area contributed by atoms with Crippen LogP contribution in [0.3, 0.4) is 0 Å². The molecule has 2 unspecified atom stereocenters. The van der Waals surface area contributed by atoms with Crippen LogP contribution in [0.4, 0.5) is 0 Å². The molecule has 0 bridgehead atoms. The molecule has 0 heterocycles. The first-order chi connectivity index (χ1) is 25.5. The minimum atomic E-state index is -4.90. The van der Waals surface area contributed by atoms with Gasteiger partial charge in [0.15, 0.2) is 0 Å². The SMILES string of the molecule is CC1=Cc2c(ccc(C)c2-c2cc(C(C)(C)C)cc(C(C)(C)C)c2)[CH]1[Zr]([Cl])([Cl])([CH]1C(C)=Cc2c1ccc(C)c2-c1cc(C(C)(C)C)cc(C(C)(C)C)c1)[SiH](C)C. The molecule has 4 aromatic carbocycles. The van der Waals surface area contributed by atoms with Crippen molar-refractivity contribution in [1.82, 2.24) is 0 Å². The van der Waals surface area contributed by atoms with Crippen molar-refractivity contribution in [2.45, 2.75) is 153 Å². The van der Waals surface area contributed by atoms with Crippen LogP contribution in [0.1, 0.15) is 160 Å². The molecule has 0 radical (unpaired) electrons. The monoisotopic (exact) mass is 881 g/mol. The Kier molecular flexibility index (Phi) is 11.0. The number of fused-ring (bicyclic) bond motifs is 2. The maximum absolute atomic E-state index is 8.76. The van der Waals surface area contributed by atoms with Gasteiger partial charge in [-0.2, -0.15) is 0 Å². The normalized spacial score (nSPS) is 18.4. The molecule has 0 amide bonds. The van der Waals surface area contributed by atoms with Crippen LogP contribution in [-0.2, 0) is 37.2 Å². The summed E-state index contributed by atoms with van der Waals surface area (Å²) in [4.78, 5) is 0. The van der Waals surface area contributed by atoms with Crippen molar-refractivity contribution < 1.29 is 15.6 Å². The average Bonchev–Trinajstić information content (AvgIpc) is 3.58. The van der Waals surface area contributed by atoms with E-state index in [0.717, 1.165) is 0 Å². The molecular formula is C52H69Cl2SiZr. The second-order valence-electron chi connectivity index (χ2n) is 22.1. The predicted octanol–water partition coefficient (Wildman–Crippen LogP) is 16.4. The quantitative estimate of drug-likeness (QED) is 0.175. The van der Waals surface area contributed by atoms with Gasteiger partial charge in [0.1, 0.15) is 0 Å². The van der Waals surface area contributed by atoms with Crippen LogP contribution in [0.5, 0.6) is 0 Å². The van der Waals surface area contributed by atoms with Gasteiger partial charge in [0.25, 0.3) is 0 Å². The van der Waals surface area contributed by atoms with Gasteiger partial charge in [-0.05, 0) is 0 Å². The van der Waals surface area contributed by atoms with E-state index in [2.05, 4.69) is 197 Å². The molecule has 0 aliphatic heterocycles. The minimum absolute atomic E-state index is 0.0284. The number of halogens is 2. The summed E-state index contributed by atoms with van der Waals surface area (Å²) in [5, 5.41) is 0. The molecule has 2 aliphatic carbocycles. The van der Waals surface area contributed by atoms with Crippen LogP contribution in [0, 0.1) is 13.8 Å². The topological polar surface area (TPSA) is 0 Å². The first-order valence-electron chi connectivity index (χ1n) is 21.0. The molecule has 0 saturated carbocycles. The van der Waals surface area contributed by atoms with Gasteiger partial charge >= 0.3 is 353 Å². The Hall–Kier alpha value is -1.96. The molecule has 2 atom stereocenters. The van der Waals surface area contributed by atoms with Gasteiger partial charge in [-0.25, -0.2) is 0 Å². The number of rotatable bonds is 5. The molecule has 0 fully saturated rings. The Morgan fingerprint density at radius 3 is 1.00 bits per heavy atom. The summed E-state index contributed by atoms with van der Waals surface area (Å²) in [6.45, 7) is 42.1. The van der Waals surface area contributed by atoms with Gasteiger partial charge in [-0.15, -0.1) is 0 Å². The van der Waals surface area contributed by atoms with E-state index in [1.807, 2.05) is 0 Å². The van der Waals surface area contributed by atoms with Gasteiger partial charge < -0.3 is 0 Å². The van der Waals surface area contributed by atoms with Gasteiger partial charge in [-0.3, -0.25) is 0 Å². The number of aryl methyl sites for hydroxylation is 2. The van der Waals surface area contributed by atoms with Gasteiger partial charge in [0.05, 0.1) is 0 Å². The molecule has 2 aliphatic rings. The predicted molar refractivity (Wildman–Crippen MR) is 251 cm³/mol.